The first-order valence-corrected chi connectivity index (χ1v) is 11.6. The van der Waals surface area contributed by atoms with Crippen LogP contribution in [-0.2, 0) is 19.5 Å². The molecular formula is C33H22N3Rh. The third-order valence-corrected chi connectivity index (χ3v) is 5.40. The summed E-state index contributed by atoms with van der Waals surface area (Å²) in [7, 11) is 0. The monoisotopic (exact) mass is 563 g/mol. The van der Waals surface area contributed by atoms with Gasteiger partial charge < -0.3 is 9.97 Å². The van der Waals surface area contributed by atoms with Gasteiger partial charge in [0.1, 0.15) is 0 Å². The minimum Gasteiger partial charge on any atom is -0.335 e. The van der Waals surface area contributed by atoms with Gasteiger partial charge in [0.2, 0.25) is 0 Å². The summed E-state index contributed by atoms with van der Waals surface area (Å²) in [5, 5.41) is 0. The number of nitrogens with zero attached hydrogens (tertiary/aromatic N) is 3. The van der Waals surface area contributed by atoms with Crippen LogP contribution in [0.4, 0.5) is 0 Å². The van der Waals surface area contributed by atoms with Crippen molar-refractivity contribution >= 4 is 0 Å². The van der Waals surface area contributed by atoms with Gasteiger partial charge in [0, 0.05) is 18.1 Å². The molecule has 0 aliphatic heterocycles. The summed E-state index contributed by atoms with van der Waals surface area (Å²) in [5.74, 6) is 0. The second-order valence-corrected chi connectivity index (χ2v) is 7.87. The molecule has 37 heavy (non-hydrogen) atoms. The van der Waals surface area contributed by atoms with E-state index >= 15 is 0 Å². The van der Waals surface area contributed by atoms with Crippen LogP contribution in [0.1, 0.15) is 0 Å². The third kappa shape index (κ3) is 6.91. The molecule has 0 fully saturated rings. The molecule has 3 aromatic heterocycles. The van der Waals surface area contributed by atoms with Crippen molar-refractivity contribution in [1.82, 2.24) is 15.0 Å². The van der Waals surface area contributed by atoms with Crippen LogP contribution in [0.25, 0.3) is 45.0 Å². The Labute approximate surface area is 230 Å². The topological polar surface area (TPSA) is 38.7 Å². The molecule has 0 amide bonds. The van der Waals surface area contributed by atoms with E-state index in [-0.39, 0.29) is 19.5 Å². The van der Waals surface area contributed by atoms with Crippen molar-refractivity contribution in [2.45, 2.75) is 0 Å². The van der Waals surface area contributed by atoms with E-state index < -0.39 is 0 Å². The predicted molar refractivity (Wildman–Crippen MR) is 145 cm³/mol. The molecule has 0 aliphatic rings. The number of hydrogen-bond donors (Lipinski definition) is 0. The van der Waals surface area contributed by atoms with E-state index in [0.29, 0.717) is 0 Å². The van der Waals surface area contributed by atoms with Crippen molar-refractivity contribution < 1.29 is 19.5 Å². The van der Waals surface area contributed by atoms with Gasteiger partial charge in [-0.25, -0.2) is 0 Å². The van der Waals surface area contributed by atoms with Crippen molar-refractivity contribution in [2.75, 3.05) is 0 Å². The van der Waals surface area contributed by atoms with Crippen molar-refractivity contribution in [2.24, 2.45) is 0 Å². The zero-order valence-electron chi connectivity index (χ0n) is 19.9. The quantitative estimate of drug-likeness (QED) is 0.164. The summed E-state index contributed by atoms with van der Waals surface area (Å²) in [4.78, 5) is 13.4. The minimum absolute atomic E-state index is 0. The van der Waals surface area contributed by atoms with Gasteiger partial charge in [0.25, 0.3) is 0 Å². The fourth-order valence-electron chi connectivity index (χ4n) is 3.65. The van der Waals surface area contributed by atoms with Gasteiger partial charge in [0.15, 0.2) is 0 Å². The molecule has 0 aliphatic carbocycles. The van der Waals surface area contributed by atoms with Gasteiger partial charge >= 0.3 is 19.5 Å². The van der Waals surface area contributed by atoms with Gasteiger partial charge in [-0.2, -0.15) is 0 Å². The van der Waals surface area contributed by atoms with Crippen LogP contribution in [0.2, 0.25) is 0 Å². The van der Waals surface area contributed by atoms with Crippen LogP contribution < -0.4 is 0 Å². The molecule has 178 valence electrons. The summed E-state index contributed by atoms with van der Waals surface area (Å²) < 4.78 is 0. The SMILES string of the molecule is [Rh+3].[c-]1ccccc1-c1cccc(-c2[c-]c(-c3ccccn3)ccc2)n1.[c-]1ccccc1-c1ccccn1. The van der Waals surface area contributed by atoms with Gasteiger partial charge in [-0.15, -0.1) is 96.1 Å². The van der Waals surface area contributed by atoms with Crippen LogP contribution >= 0.6 is 0 Å². The number of aromatic nitrogens is 3. The Bertz CT molecular complexity index is 1390. The normalized spacial score (nSPS) is 9.95. The van der Waals surface area contributed by atoms with Gasteiger partial charge in [-0.3, -0.25) is 4.98 Å². The standard InChI is InChI=1S/C22H14N2.C11H8N.Rh/c1-2-8-17(9-3-1)21-13-7-14-22(24-21)19-11-6-10-18(16-19)20-12-4-5-15-23-20;1-2-6-10(7-3-1)11-8-4-5-9-12-11;/h1-8,10-15H;1-6,8-9H;/q-2;-1;+3. The molecule has 0 saturated carbocycles. The van der Waals surface area contributed by atoms with E-state index in [1.54, 1.807) is 12.4 Å². The second-order valence-electron chi connectivity index (χ2n) is 7.87. The fraction of sp³-hybridized carbons (Fsp3) is 0. The second kappa shape index (κ2) is 13.2. The molecule has 0 unspecified atom stereocenters. The van der Waals surface area contributed by atoms with Crippen molar-refractivity contribution in [3.8, 4) is 45.0 Å². The fourth-order valence-corrected chi connectivity index (χ4v) is 3.65. The maximum absolute atomic E-state index is 4.77. The molecule has 0 bridgehead atoms. The number of pyridine rings is 3. The molecule has 0 spiro atoms. The molecule has 3 heterocycles. The summed E-state index contributed by atoms with van der Waals surface area (Å²) >= 11 is 0. The largest absolute Gasteiger partial charge is 3.00 e. The summed E-state index contributed by atoms with van der Waals surface area (Å²) in [5.41, 5.74) is 7.62. The predicted octanol–water partition coefficient (Wildman–Crippen LogP) is 7.62. The number of hydrogen-bond acceptors (Lipinski definition) is 3. The van der Waals surface area contributed by atoms with Crippen molar-refractivity contribution in [3.63, 3.8) is 0 Å². The average molecular weight is 563 g/mol. The zero-order valence-corrected chi connectivity index (χ0v) is 21.5. The Morgan fingerprint density at radius 1 is 0.405 bits per heavy atom. The summed E-state index contributed by atoms with van der Waals surface area (Å²) in [6, 6.07) is 49.3. The summed E-state index contributed by atoms with van der Waals surface area (Å²) in [6.07, 6.45) is 3.58. The first kappa shape index (κ1) is 25.8. The van der Waals surface area contributed by atoms with Crippen molar-refractivity contribution in [1.29, 1.82) is 0 Å². The molecular weight excluding hydrogens is 541 g/mol. The number of benzene rings is 3. The molecule has 4 heteroatoms. The van der Waals surface area contributed by atoms with Gasteiger partial charge in [-0.05, 0) is 29.2 Å². The molecule has 6 aromatic rings. The molecule has 0 saturated heterocycles. The Hall–Kier alpha value is -4.27. The Balaban J connectivity index is 0.000000208. The molecule has 6 rings (SSSR count). The van der Waals surface area contributed by atoms with E-state index in [1.807, 2.05) is 121 Å². The van der Waals surface area contributed by atoms with E-state index in [0.717, 1.165) is 45.0 Å². The van der Waals surface area contributed by atoms with Gasteiger partial charge in [0.05, 0.1) is 0 Å². The average Bonchev–Trinajstić information content (AvgIpc) is 2.99. The van der Waals surface area contributed by atoms with E-state index in [9.17, 15) is 0 Å². The van der Waals surface area contributed by atoms with E-state index in [2.05, 4.69) is 28.2 Å². The first-order valence-electron chi connectivity index (χ1n) is 11.6. The Morgan fingerprint density at radius 3 is 1.38 bits per heavy atom. The summed E-state index contributed by atoms with van der Waals surface area (Å²) in [6.45, 7) is 0. The van der Waals surface area contributed by atoms with E-state index in [4.69, 9.17) is 4.98 Å². The zero-order chi connectivity index (χ0) is 24.4. The van der Waals surface area contributed by atoms with E-state index in [1.165, 1.54) is 0 Å². The smallest absolute Gasteiger partial charge is 0.335 e. The van der Waals surface area contributed by atoms with Crippen LogP contribution in [-0.4, -0.2) is 15.0 Å². The third-order valence-electron chi connectivity index (χ3n) is 5.40. The molecule has 0 N–H and O–H groups in total. The van der Waals surface area contributed by atoms with Crippen LogP contribution in [0.3, 0.4) is 0 Å². The van der Waals surface area contributed by atoms with Crippen LogP contribution in [0.5, 0.6) is 0 Å². The Kier molecular flexibility index (Phi) is 9.18. The number of rotatable bonds is 4. The molecule has 3 nitrogen and oxygen atoms in total. The minimum atomic E-state index is 0. The van der Waals surface area contributed by atoms with Crippen LogP contribution in [0, 0.1) is 18.2 Å². The van der Waals surface area contributed by atoms with Gasteiger partial charge in [-0.1, -0.05) is 53.6 Å². The van der Waals surface area contributed by atoms with Crippen molar-refractivity contribution in [3.05, 3.63) is 152 Å². The molecule has 0 atom stereocenters. The molecule has 0 radical (unpaired) electrons. The Morgan fingerprint density at radius 2 is 0.838 bits per heavy atom. The molecule has 3 aromatic carbocycles. The first-order chi connectivity index (χ1) is 17.9. The van der Waals surface area contributed by atoms with Crippen LogP contribution in [0.15, 0.2) is 134 Å². The maximum Gasteiger partial charge on any atom is 3.00 e. The maximum atomic E-state index is 4.77.